The Kier molecular flexibility index (Phi) is 8.75. The van der Waals surface area contributed by atoms with Crippen molar-refractivity contribution in [3.05, 3.63) is 126 Å². The van der Waals surface area contributed by atoms with Crippen LogP contribution >= 0.6 is 0 Å². The van der Waals surface area contributed by atoms with E-state index in [-0.39, 0.29) is 11.7 Å². The third kappa shape index (κ3) is 6.24. The summed E-state index contributed by atoms with van der Waals surface area (Å²) in [6.07, 6.45) is -2.09. The molecule has 234 valence electrons. The molecule has 2 fully saturated rings. The number of hydrogen-bond donors (Lipinski definition) is 1. The maximum atomic E-state index is 14.4. The molecular formula is C37H38FNO6. The number of carbonyl (C=O) groups is 1. The first kappa shape index (κ1) is 30.9. The van der Waals surface area contributed by atoms with Gasteiger partial charge in [-0.05, 0) is 72.4 Å². The molecule has 45 heavy (non-hydrogen) atoms. The van der Waals surface area contributed by atoms with Crippen molar-refractivity contribution in [3.63, 3.8) is 0 Å². The van der Waals surface area contributed by atoms with Gasteiger partial charge >= 0.3 is 0 Å². The molecule has 0 radical (unpaired) electrons. The van der Waals surface area contributed by atoms with Crippen molar-refractivity contribution >= 4 is 5.91 Å². The number of halogens is 1. The van der Waals surface area contributed by atoms with Crippen molar-refractivity contribution in [2.24, 2.45) is 0 Å². The third-order valence-corrected chi connectivity index (χ3v) is 8.33. The Hall–Kier alpha value is -4.08. The van der Waals surface area contributed by atoms with E-state index < -0.39 is 36.0 Å². The van der Waals surface area contributed by atoms with E-state index >= 15 is 0 Å². The maximum absolute atomic E-state index is 14.4. The first-order valence-corrected chi connectivity index (χ1v) is 15.2. The molecule has 2 aliphatic heterocycles. The van der Waals surface area contributed by atoms with Gasteiger partial charge in [0, 0.05) is 20.6 Å². The monoisotopic (exact) mass is 611 g/mol. The van der Waals surface area contributed by atoms with Gasteiger partial charge in [0.25, 0.3) is 0 Å². The second-order valence-corrected chi connectivity index (χ2v) is 11.9. The highest BCUT2D eigenvalue weighted by Crippen LogP contribution is 2.50. The minimum atomic E-state index is -1.10. The topological polar surface area (TPSA) is 75.3 Å². The van der Waals surface area contributed by atoms with Crippen molar-refractivity contribution in [1.29, 1.82) is 0 Å². The molecule has 1 unspecified atom stereocenters. The van der Waals surface area contributed by atoms with Crippen LogP contribution in [0.2, 0.25) is 0 Å². The molecule has 8 heteroatoms. The molecule has 7 nitrogen and oxygen atoms in total. The number of nitrogens with one attached hydrogen (secondary N) is 1. The van der Waals surface area contributed by atoms with E-state index in [9.17, 15) is 9.18 Å². The summed E-state index contributed by atoms with van der Waals surface area (Å²) < 4.78 is 47.3. The molecule has 0 saturated carbocycles. The van der Waals surface area contributed by atoms with Crippen LogP contribution in [-0.4, -0.2) is 50.0 Å². The molecule has 0 aliphatic carbocycles. The first-order valence-electron chi connectivity index (χ1n) is 15.2. The Bertz CT molecular complexity index is 1590. The second kappa shape index (κ2) is 12.7. The van der Waals surface area contributed by atoms with Gasteiger partial charge < -0.3 is 29.0 Å². The van der Waals surface area contributed by atoms with Crippen LogP contribution in [-0.2, 0) is 35.8 Å². The van der Waals surface area contributed by atoms with Gasteiger partial charge in [0.05, 0.1) is 0 Å². The number of ether oxygens (including phenoxy) is 5. The van der Waals surface area contributed by atoms with Crippen molar-refractivity contribution in [2.75, 3.05) is 13.7 Å². The summed E-state index contributed by atoms with van der Waals surface area (Å²) in [5.74, 6) is -0.853. The van der Waals surface area contributed by atoms with E-state index in [1.54, 1.807) is 13.2 Å². The fourth-order valence-electron chi connectivity index (χ4n) is 6.48. The van der Waals surface area contributed by atoms with Gasteiger partial charge in [0.1, 0.15) is 23.8 Å². The predicted molar refractivity (Wildman–Crippen MR) is 168 cm³/mol. The third-order valence-electron chi connectivity index (χ3n) is 8.33. The van der Waals surface area contributed by atoms with Crippen LogP contribution in [0.3, 0.4) is 0 Å². The van der Waals surface area contributed by atoms with E-state index in [2.05, 4.69) is 5.32 Å². The van der Waals surface area contributed by atoms with Crippen LogP contribution in [0, 0.1) is 5.82 Å². The molecule has 1 amide bonds. The van der Waals surface area contributed by atoms with Gasteiger partial charge in [-0.25, -0.2) is 4.39 Å². The standard InChI is InChI=1S/C37H38FNO6/c1-24(40)39-21-20-25-18-19-30(23-31(25)26-12-11-17-29(38)22-26)42-35-33-32(43-36(2,3)44-33)34(41-4)37(45-35,27-13-7-5-8-14-27)28-15-9-6-10-16-28/h5-19,22-23,32-35H,20-21H2,1-4H3,(H,39,40)/t32-,33+,34+,35?/m0/s1. The van der Waals surface area contributed by atoms with Crippen LogP contribution in [0.5, 0.6) is 5.75 Å². The highest BCUT2D eigenvalue weighted by molar-refractivity contribution is 5.73. The smallest absolute Gasteiger partial charge is 0.230 e. The normalized spacial score (nSPS) is 23.2. The summed E-state index contributed by atoms with van der Waals surface area (Å²) in [5, 5.41) is 2.84. The Morgan fingerprint density at radius 2 is 1.51 bits per heavy atom. The van der Waals surface area contributed by atoms with Gasteiger partial charge in [-0.1, -0.05) is 78.9 Å². The number of benzene rings is 4. The Labute approximate surface area is 263 Å². The fourth-order valence-corrected chi connectivity index (χ4v) is 6.48. The number of rotatable bonds is 9. The first-order chi connectivity index (χ1) is 21.7. The van der Waals surface area contributed by atoms with Crippen molar-refractivity contribution in [1.82, 2.24) is 5.32 Å². The molecule has 4 aromatic carbocycles. The summed E-state index contributed by atoms with van der Waals surface area (Å²) in [6.45, 7) is 5.67. The summed E-state index contributed by atoms with van der Waals surface area (Å²) >= 11 is 0. The van der Waals surface area contributed by atoms with Gasteiger partial charge in [-0.15, -0.1) is 0 Å². The van der Waals surface area contributed by atoms with Crippen LogP contribution in [0.25, 0.3) is 11.1 Å². The van der Waals surface area contributed by atoms with Crippen LogP contribution in [0.1, 0.15) is 37.5 Å². The number of fused-ring (bicyclic) bond motifs is 1. The number of hydrogen-bond acceptors (Lipinski definition) is 6. The average molecular weight is 612 g/mol. The quantitative estimate of drug-likeness (QED) is 0.237. The minimum absolute atomic E-state index is 0.109. The SMILES string of the molecule is CO[C@@H]1[C@H]2OC(C)(C)O[C@H]2C(Oc2ccc(CCNC(C)=O)c(-c3cccc(F)c3)c2)OC1(c1ccccc1)c1ccccc1. The zero-order valence-corrected chi connectivity index (χ0v) is 25.9. The molecule has 4 aromatic rings. The van der Waals surface area contributed by atoms with Gasteiger partial charge in [-0.2, -0.15) is 0 Å². The summed E-state index contributed by atoms with van der Waals surface area (Å²) in [7, 11) is 1.66. The lowest BCUT2D eigenvalue weighted by Gasteiger charge is -2.50. The van der Waals surface area contributed by atoms with Gasteiger partial charge in [-0.3, -0.25) is 4.79 Å². The van der Waals surface area contributed by atoms with E-state index in [4.69, 9.17) is 23.7 Å². The Morgan fingerprint density at radius 3 is 2.13 bits per heavy atom. The number of methoxy groups -OCH3 is 1. The zero-order valence-electron chi connectivity index (χ0n) is 25.9. The minimum Gasteiger partial charge on any atom is -0.462 e. The van der Waals surface area contributed by atoms with Gasteiger partial charge in [0.2, 0.25) is 12.2 Å². The molecular weight excluding hydrogens is 573 g/mol. The molecule has 4 atom stereocenters. The van der Waals surface area contributed by atoms with E-state index in [0.29, 0.717) is 24.3 Å². The van der Waals surface area contributed by atoms with Crippen molar-refractivity contribution < 1.29 is 32.9 Å². The Morgan fingerprint density at radius 1 is 0.844 bits per heavy atom. The average Bonchev–Trinajstić information content (AvgIpc) is 3.37. The molecule has 0 aromatic heterocycles. The fraction of sp³-hybridized carbons (Fsp3) is 0.324. The Balaban J connectivity index is 1.44. The highest BCUT2D eigenvalue weighted by Gasteiger charge is 2.63. The largest absolute Gasteiger partial charge is 0.462 e. The second-order valence-electron chi connectivity index (χ2n) is 11.9. The number of carbonyl (C=O) groups excluding carboxylic acids is 1. The molecule has 2 aliphatic rings. The molecule has 6 rings (SSSR count). The van der Waals surface area contributed by atoms with Crippen LogP contribution < -0.4 is 10.1 Å². The lowest BCUT2D eigenvalue weighted by Crippen LogP contribution is -2.64. The molecule has 0 bridgehead atoms. The van der Waals surface area contributed by atoms with E-state index in [0.717, 1.165) is 22.3 Å². The van der Waals surface area contributed by atoms with E-state index in [1.165, 1.54) is 19.1 Å². The van der Waals surface area contributed by atoms with Crippen LogP contribution in [0.4, 0.5) is 4.39 Å². The van der Waals surface area contributed by atoms with Crippen molar-refractivity contribution in [3.8, 4) is 16.9 Å². The van der Waals surface area contributed by atoms with Crippen LogP contribution in [0.15, 0.2) is 103 Å². The van der Waals surface area contributed by atoms with Gasteiger partial charge in [0.15, 0.2) is 17.5 Å². The zero-order chi connectivity index (χ0) is 31.6. The van der Waals surface area contributed by atoms with Crippen molar-refractivity contribution in [2.45, 2.75) is 63.2 Å². The molecule has 1 N–H and O–H groups in total. The number of amides is 1. The highest BCUT2D eigenvalue weighted by atomic mass is 19.1. The summed E-state index contributed by atoms with van der Waals surface area (Å²) in [4.78, 5) is 11.5. The molecule has 2 saturated heterocycles. The lowest BCUT2D eigenvalue weighted by molar-refractivity contribution is -0.286. The maximum Gasteiger partial charge on any atom is 0.230 e. The summed E-state index contributed by atoms with van der Waals surface area (Å²) in [6, 6.07) is 32.0. The molecule has 2 heterocycles. The predicted octanol–water partition coefficient (Wildman–Crippen LogP) is 6.39. The summed E-state index contributed by atoms with van der Waals surface area (Å²) in [5.41, 5.74) is 3.10. The lowest BCUT2D eigenvalue weighted by atomic mass is 9.76. The molecule has 0 spiro atoms. The van der Waals surface area contributed by atoms with E-state index in [1.807, 2.05) is 98.8 Å².